The van der Waals surface area contributed by atoms with E-state index in [2.05, 4.69) is 18.2 Å². The number of fused-ring (bicyclic) bond motifs is 1. The molecule has 1 heterocycles. The highest BCUT2D eigenvalue weighted by Gasteiger charge is 2.30. The quantitative estimate of drug-likeness (QED) is 0.854. The van der Waals surface area contributed by atoms with Gasteiger partial charge in [0, 0.05) is 20.0 Å². The van der Waals surface area contributed by atoms with Crippen LogP contribution in [0.2, 0.25) is 0 Å². The van der Waals surface area contributed by atoms with Gasteiger partial charge in [0.1, 0.15) is 0 Å². The van der Waals surface area contributed by atoms with Crippen molar-refractivity contribution >= 4 is 11.8 Å². The zero-order valence-electron chi connectivity index (χ0n) is 12.5. The van der Waals surface area contributed by atoms with Crippen molar-refractivity contribution < 1.29 is 9.59 Å². The number of carbonyl (C=O) groups excluding carboxylic acids is 2. The minimum Gasteiger partial charge on any atom is -0.337 e. The number of aryl methyl sites for hydroxylation is 1. The highest BCUT2D eigenvalue weighted by Crippen LogP contribution is 2.34. The van der Waals surface area contributed by atoms with Crippen LogP contribution >= 0.6 is 0 Å². The summed E-state index contributed by atoms with van der Waals surface area (Å²) in [4.78, 5) is 27.9. The summed E-state index contributed by atoms with van der Waals surface area (Å²) in [6, 6.07) is 8.50. The Hall–Kier alpha value is -1.84. The first-order valence-corrected chi connectivity index (χ1v) is 7.78. The van der Waals surface area contributed by atoms with Gasteiger partial charge in [-0.2, -0.15) is 0 Å². The fraction of sp³-hybridized carbons (Fsp3) is 0.529. The molecule has 2 amide bonds. The topological polar surface area (TPSA) is 40.6 Å². The van der Waals surface area contributed by atoms with Gasteiger partial charge in [-0.05, 0) is 36.8 Å². The number of carbonyl (C=O) groups is 2. The highest BCUT2D eigenvalue weighted by atomic mass is 16.2. The van der Waals surface area contributed by atoms with Gasteiger partial charge < -0.3 is 9.80 Å². The standard InChI is InChI=1S/C17H22N2O2/c1-18(15-10-9-13-6-2-3-7-14(13)15)17(21)12-19-11-5-4-8-16(19)20/h2-3,6-7,15H,4-5,8-12H2,1H3. The third-order valence-electron chi connectivity index (χ3n) is 4.71. The van der Waals surface area contributed by atoms with Crippen molar-refractivity contribution in [1.82, 2.24) is 9.80 Å². The van der Waals surface area contributed by atoms with Crippen molar-refractivity contribution in [1.29, 1.82) is 0 Å². The van der Waals surface area contributed by atoms with Gasteiger partial charge in [0.05, 0.1) is 12.6 Å². The molecule has 1 aliphatic heterocycles. The van der Waals surface area contributed by atoms with E-state index in [4.69, 9.17) is 0 Å². The van der Waals surface area contributed by atoms with E-state index < -0.39 is 0 Å². The number of piperidine rings is 1. The van der Waals surface area contributed by atoms with Gasteiger partial charge in [0.25, 0.3) is 0 Å². The van der Waals surface area contributed by atoms with Gasteiger partial charge in [-0.1, -0.05) is 24.3 Å². The fourth-order valence-corrected chi connectivity index (χ4v) is 3.41. The molecular weight excluding hydrogens is 264 g/mol. The third kappa shape index (κ3) is 2.80. The molecular formula is C17H22N2O2. The maximum atomic E-state index is 12.5. The van der Waals surface area contributed by atoms with E-state index in [0.29, 0.717) is 6.42 Å². The average Bonchev–Trinajstić information content (AvgIpc) is 2.92. The molecule has 0 aromatic heterocycles. The van der Waals surface area contributed by atoms with Gasteiger partial charge in [-0.25, -0.2) is 0 Å². The Morgan fingerprint density at radius 2 is 2.10 bits per heavy atom. The maximum absolute atomic E-state index is 12.5. The van der Waals surface area contributed by atoms with E-state index in [1.807, 2.05) is 18.0 Å². The van der Waals surface area contributed by atoms with Crippen molar-refractivity contribution in [2.45, 2.75) is 38.1 Å². The van der Waals surface area contributed by atoms with Crippen LogP contribution in [0.1, 0.15) is 42.9 Å². The monoisotopic (exact) mass is 286 g/mol. The second-order valence-corrected chi connectivity index (χ2v) is 6.03. The lowest BCUT2D eigenvalue weighted by atomic mass is 10.1. The van der Waals surface area contributed by atoms with Gasteiger partial charge in [0.2, 0.25) is 11.8 Å². The smallest absolute Gasteiger partial charge is 0.242 e. The van der Waals surface area contributed by atoms with Crippen LogP contribution in [0.5, 0.6) is 0 Å². The number of nitrogens with zero attached hydrogens (tertiary/aromatic N) is 2. The normalized spacial score (nSPS) is 21.3. The Morgan fingerprint density at radius 3 is 2.90 bits per heavy atom. The van der Waals surface area contributed by atoms with E-state index in [1.165, 1.54) is 11.1 Å². The Bertz CT molecular complexity index is 555. The van der Waals surface area contributed by atoms with E-state index in [0.717, 1.165) is 32.2 Å². The SMILES string of the molecule is CN(C(=O)CN1CCCCC1=O)C1CCc2ccccc21. The molecule has 112 valence electrons. The van der Waals surface area contributed by atoms with E-state index in [9.17, 15) is 9.59 Å². The van der Waals surface area contributed by atoms with Gasteiger partial charge in [0.15, 0.2) is 0 Å². The summed E-state index contributed by atoms with van der Waals surface area (Å²) in [6.07, 6.45) is 4.56. The number of hydrogen-bond donors (Lipinski definition) is 0. The molecule has 21 heavy (non-hydrogen) atoms. The van der Waals surface area contributed by atoms with Crippen molar-refractivity contribution in [3.05, 3.63) is 35.4 Å². The molecule has 1 fully saturated rings. The van der Waals surface area contributed by atoms with Gasteiger partial charge >= 0.3 is 0 Å². The predicted molar refractivity (Wildman–Crippen MR) is 80.7 cm³/mol. The van der Waals surface area contributed by atoms with Crippen LogP contribution in [0, 0.1) is 0 Å². The summed E-state index contributed by atoms with van der Waals surface area (Å²) >= 11 is 0. The molecule has 4 nitrogen and oxygen atoms in total. The van der Waals surface area contributed by atoms with Crippen LogP contribution in [0.3, 0.4) is 0 Å². The lowest BCUT2D eigenvalue weighted by Crippen LogP contribution is -2.44. The predicted octanol–water partition coefficient (Wildman–Crippen LogP) is 2.14. The number of likely N-dealkylation sites (tertiary alicyclic amines) is 1. The summed E-state index contributed by atoms with van der Waals surface area (Å²) in [6.45, 7) is 0.952. The maximum Gasteiger partial charge on any atom is 0.242 e. The van der Waals surface area contributed by atoms with Crippen molar-refractivity contribution in [2.75, 3.05) is 20.1 Å². The Balaban J connectivity index is 1.67. The van der Waals surface area contributed by atoms with Crippen molar-refractivity contribution in [2.24, 2.45) is 0 Å². The largest absolute Gasteiger partial charge is 0.337 e. The first-order chi connectivity index (χ1) is 10.2. The lowest BCUT2D eigenvalue weighted by molar-refractivity contribution is -0.142. The molecule has 0 bridgehead atoms. The summed E-state index contributed by atoms with van der Waals surface area (Å²) in [5.41, 5.74) is 2.61. The molecule has 0 radical (unpaired) electrons. The molecule has 1 aromatic rings. The molecule has 1 unspecified atom stereocenters. The molecule has 4 heteroatoms. The second-order valence-electron chi connectivity index (χ2n) is 6.03. The number of amides is 2. The van der Waals surface area contributed by atoms with Crippen LogP contribution < -0.4 is 0 Å². The van der Waals surface area contributed by atoms with Crippen LogP contribution in [-0.2, 0) is 16.0 Å². The van der Waals surface area contributed by atoms with Crippen molar-refractivity contribution in [3.63, 3.8) is 0 Å². The summed E-state index contributed by atoms with van der Waals surface area (Å²) in [5.74, 6) is 0.168. The number of benzene rings is 1. The molecule has 1 saturated heterocycles. The van der Waals surface area contributed by atoms with Crippen LogP contribution in [-0.4, -0.2) is 41.8 Å². The first-order valence-electron chi connectivity index (χ1n) is 7.78. The number of hydrogen-bond acceptors (Lipinski definition) is 2. The Kier molecular flexibility index (Phi) is 3.95. The average molecular weight is 286 g/mol. The van der Waals surface area contributed by atoms with Gasteiger partial charge in [-0.15, -0.1) is 0 Å². The van der Waals surface area contributed by atoms with Crippen LogP contribution in [0.4, 0.5) is 0 Å². The lowest BCUT2D eigenvalue weighted by Gasteiger charge is -2.31. The molecule has 0 spiro atoms. The number of likely N-dealkylation sites (N-methyl/N-ethyl adjacent to an activating group) is 1. The molecule has 0 N–H and O–H groups in total. The van der Waals surface area contributed by atoms with Crippen LogP contribution in [0.25, 0.3) is 0 Å². The van der Waals surface area contributed by atoms with E-state index in [-0.39, 0.29) is 24.4 Å². The first kappa shape index (κ1) is 14.1. The van der Waals surface area contributed by atoms with E-state index >= 15 is 0 Å². The zero-order chi connectivity index (χ0) is 14.8. The molecule has 1 atom stereocenters. The fourth-order valence-electron chi connectivity index (χ4n) is 3.41. The molecule has 0 saturated carbocycles. The summed E-state index contributed by atoms with van der Waals surface area (Å²) in [7, 11) is 1.86. The minimum absolute atomic E-state index is 0.0481. The Labute approximate surface area is 125 Å². The van der Waals surface area contributed by atoms with Gasteiger partial charge in [-0.3, -0.25) is 9.59 Å². The summed E-state index contributed by atoms with van der Waals surface area (Å²) < 4.78 is 0. The van der Waals surface area contributed by atoms with E-state index in [1.54, 1.807) is 4.90 Å². The van der Waals surface area contributed by atoms with Crippen LogP contribution in [0.15, 0.2) is 24.3 Å². The van der Waals surface area contributed by atoms with Crippen molar-refractivity contribution in [3.8, 4) is 0 Å². The zero-order valence-corrected chi connectivity index (χ0v) is 12.5. The highest BCUT2D eigenvalue weighted by molar-refractivity contribution is 5.85. The second kappa shape index (κ2) is 5.88. The minimum atomic E-state index is 0.0481. The molecule has 1 aromatic carbocycles. The molecule has 2 aliphatic rings. The summed E-state index contributed by atoms with van der Waals surface area (Å²) in [5, 5.41) is 0. The third-order valence-corrected chi connectivity index (χ3v) is 4.71. The number of rotatable bonds is 3. The molecule has 3 rings (SSSR count). The molecule has 1 aliphatic carbocycles. The Morgan fingerprint density at radius 1 is 1.29 bits per heavy atom.